The molecule has 1 aliphatic heterocycles. The van der Waals surface area contributed by atoms with Gasteiger partial charge in [-0.1, -0.05) is 30.3 Å². The predicted octanol–water partition coefficient (Wildman–Crippen LogP) is 2.55. The molecule has 1 N–H and O–H groups in total. The summed E-state index contributed by atoms with van der Waals surface area (Å²) in [5.41, 5.74) is 2.21. The second-order valence-corrected chi connectivity index (χ2v) is 8.66. The zero-order chi connectivity index (χ0) is 23.4. The third-order valence-electron chi connectivity index (χ3n) is 6.17. The molecule has 3 aromatic rings. The van der Waals surface area contributed by atoms with Crippen molar-refractivity contribution in [1.29, 1.82) is 0 Å². The second-order valence-electron chi connectivity index (χ2n) is 8.66. The normalized spacial score (nSPS) is 16.1. The van der Waals surface area contributed by atoms with E-state index in [1.165, 1.54) is 15.8 Å². The van der Waals surface area contributed by atoms with Gasteiger partial charge in [0.15, 0.2) is 0 Å². The number of anilines is 1. The third-order valence-corrected chi connectivity index (χ3v) is 6.17. The first-order valence-electron chi connectivity index (χ1n) is 11.4. The molecule has 1 fully saturated rings. The van der Waals surface area contributed by atoms with E-state index in [0.717, 1.165) is 11.9 Å². The van der Waals surface area contributed by atoms with Gasteiger partial charge >= 0.3 is 0 Å². The van der Waals surface area contributed by atoms with Crippen LogP contribution in [0.4, 0.5) is 5.69 Å². The van der Waals surface area contributed by atoms with Gasteiger partial charge in [-0.3, -0.25) is 14.4 Å². The van der Waals surface area contributed by atoms with Gasteiger partial charge in [-0.15, -0.1) is 0 Å². The third kappa shape index (κ3) is 5.25. The van der Waals surface area contributed by atoms with Gasteiger partial charge in [-0.25, -0.2) is 0 Å². The molecule has 2 amide bonds. The van der Waals surface area contributed by atoms with Crippen LogP contribution < -0.4 is 15.8 Å². The number of nitrogens with zero attached hydrogens (tertiary/aromatic N) is 3. The number of piperazine rings is 1. The van der Waals surface area contributed by atoms with E-state index < -0.39 is 0 Å². The number of aryl methyl sites for hydroxylation is 1. The lowest BCUT2D eigenvalue weighted by atomic mass is 10.1. The van der Waals surface area contributed by atoms with Gasteiger partial charge in [0.1, 0.15) is 6.54 Å². The van der Waals surface area contributed by atoms with Crippen molar-refractivity contribution in [2.75, 3.05) is 31.1 Å². The Hall–Kier alpha value is -3.61. The van der Waals surface area contributed by atoms with Crippen LogP contribution in [0.1, 0.15) is 18.9 Å². The topological polar surface area (TPSA) is 74.7 Å². The molecule has 1 aliphatic rings. The number of benzene rings is 2. The van der Waals surface area contributed by atoms with Gasteiger partial charge < -0.3 is 19.7 Å². The molecule has 7 heteroatoms. The zero-order valence-corrected chi connectivity index (χ0v) is 19.2. The summed E-state index contributed by atoms with van der Waals surface area (Å²) in [7, 11) is 0. The number of nitrogens with one attached hydrogen (secondary N) is 1. The monoisotopic (exact) mass is 446 g/mol. The van der Waals surface area contributed by atoms with Gasteiger partial charge in [0.05, 0.1) is 0 Å². The highest BCUT2D eigenvalue weighted by atomic mass is 16.2. The highest BCUT2D eigenvalue weighted by molar-refractivity contribution is 5.82. The van der Waals surface area contributed by atoms with Crippen LogP contribution in [0.2, 0.25) is 0 Å². The first-order valence-corrected chi connectivity index (χ1v) is 11.4. The number of carbonyl (C=O) groups excluding carboxylic acids is 2. The second kappa shape index (κ2) is 9.90. The first kappa shape index (κ1) is 22.6. The minimum absolute atomic E-state index is 0.0360. The lowest BCUT2D eigenvalue weighted by Crippen LogP contribution is -2.54. The molecular weight excluding hydrogens is 416 g/mol. The van der Waals surface area contributed by atoms with Crippen LogP contribution in [-0.2, 0) is 16.1 Å². The van der Waals surface area contributed by atoms with Gasteiger partial charge in [0.2, 0.25) is 11.8 Å². The predicted molar refractivity (Wildman–Crippen MR) is 130 cm³/mol. The SMILES string of the molecule is Cc1cccc(N2CCN(C(=O)CCNC(=O)Cn3ccc4ccccc4c3=O)C[C@@H]2C)c1. The highest BCUT2D eigenvalue weighted by Gasteiger charge is 2.26. The fourth-order valence-corrected chi connectivity index (χ4v) is 4.41. The van der Waals surface area contributed by atoms with E-state index in [1.807, 2.05) is 23.1 Å². The minimum atomic E-state index is -0.280. The Bertz CT molecular complexity index is 1220. The van der Waals surface area contributed by atoms with Gasteiger partial charge in [0.25, 0.3) is 5.56 Å². The van der Waals surface area contributed by atoms with Crippen LogP contribution in [0.25, 0.3) is 10.8 Å². The van der Waals surface area contributed by atoms with Crippen molar-refractivity contribution in [3.05, 3.63) is 76.7 Å². The Morgan fingerprint density at radius 3 is 2.67 bits per heavy atom. The van der Waals surface area contributed by atoms with Crippen molar-refractivity contribution < 1.29 is 9.59 Å². The number of hydrogen-bond donors (Lipinski definition) is 1. The number of pyridine rings is 1. The Kier molecular flexibility index (Phi) is 6.77. The van der Waals surface area contributed by atoms with Crippen molar-refractivity contribution in [1.82, 2.24) is 14.8 Å². The summed E-state index contributed by atoms with van der Waals surface area (Å²) >= 11 is 0. The molecule has 0 bridgehead atoms. The number of amides is 2. The molecule has 7 nitrogen and oxygen atoms in total. The Balaban J connectivity index is 1.25. The average Bonchev–Trinajstić information content (AvgIpc) is 2.81. The molecule has 0 saturated carbocycles. The minimum Gasteiger partial charge on any atom is -0.365 e. The summed E-state index contributed by atoms with van der Waals surface area (Å²) in [6.07, 6.45) is 1.88. The molecule has 0 spiro atoms. The summed E-state index contributed by atoms with van der Waals surface area (Å²) in [5, 5.41) is 4.21. The highest BCUT2D eigenvalue weighted by Crippen LogP contribution is 2.21. The fourth-order valence-electron chi connectivity index (χ4n) is 4.41. The molecule has 0 radical (unpaired) electrons. The largest absolute Gasteiger partial charge is 0.365 e. The number of aromatic nitrogens is 1. The standard InChI is InChI=1S/C26H30N4O3/c1-19-6-5-8-22(16-19)30-15-14-28(17-20(30)2)25(32)10-12-27-24(31)18-29-13-11-21-7-3-4-9-23(21)26(29)33/h3-9,11,13,16,20H,10,12,14-15,17-18H2,1-2H3,(H,27,31)/t20-/m0/s1. The molecule has 1 saturated heterocycles. The first-order chi connectivity index (χ1) is 15.9. The molecule has 0 unspecified atom stereocenters. The average molecular weight is 447 g/mol. The van der Waals surface area contributed by atoms with Crippen LogP contribution in [0.15, 0.2) is 65.6 Å². The maximum atomic E-state index is 12.7. The van der Waals surface area contributed by atoms with E-state index in [-0.39, 0.29) is 42.9 Å². The van der Waals surface area contributed by atoms with Crippen molar-refractivity contribution in [2.45, 2.75) is 32.9 Å². The molecule has 0 aliphatic carbocycles. The molecule has 2 aromatic carbocycles. The van der Waals surface area contributed by atoms with Gasteiger partial charge in [-0.05, 0) is 49.1 Å². The van der Waals surface area contributed by atoms with Crippen LogP contribution in [-0.4, -0.2) is 53.5 Å². The lowest BCUT2D eigenvalue weighted by Gasteiger charge is -2.41. The van der Waals surface area contributed by atoms with Crippen LogP contribution in [0.5, 0.6) is 0 Å². The van der Waals surface area contributed by atoms with Crippen LogP contribution in [0.3, 0.4) is 0 Å². The van der Waals surface area contributed by atoms with Gasteiger partial charge in [0, 0.05) is 55.9 Å². The van der Waals surface area contributed by atoms with Crippen molar-refractivity contribution >= 4 is 28.3 Å². The van der Waals surface area contributed by atoms with E-state index in [1.54, 1.807) is 18.3 Å². The van der Waals surface area contributed by atoms with Crippen LogP contribution >= 0.6 is 0 Å². The quantitative estimate of drug-likeness (QED) is 0.632. The molecule has 172 valence electrons. The van der Waals surface area contributed by atoms with E-state index in [2.05, 4.69) is 48.3 Å². The molecule has 1 aromatic heterocycles. The van der Waals surface area contributed by atoms with Gasteiger partial charge in [-0.2, -0.15) is 0 Å². The molecular formula is C26H30N4O3. The van der Waals surface area contributed by atoms with Crippen molar-refractivity contribution in [2.24, 2.45) is 0 Å². The van der Waals surface area contributed by atoms with E-state index in [4.69, 9.17) is 0 Å². The summed E-state index contributed by atoms with van der Waals surface area (Å²) in [5.74, 6) is -0.244. The molecule has 2 heterocycles. The lowest BCUT2D eigenvalue weighted by molar-refractivity contribution is -0.132. The maximum Gasteiger partial charge on any atom is 0.258 e. The van der Waals surface area contributed by atoms with E-state index >= 15 is 0 Å². The summed E-state index contributed by atoms with van der Waals surface area (Å²) in [6, 6.07) is 17.8. The Morgan fingerprint density at radius 2 is 1.88 bits per heavy atom. The number of rotatable bonds is 6. The molecule has 1 atom stereocenters. The Labute approximate surface area is 193 Å². The summed E-state index contributed by atoms with van der Waals surface area (Å²) in [4.78, 5) is 41.8. The fraction of sp³-hybridized carbons (Fsp3) is 0.346. The zero-order valence-electron chi connectivity index (χ0n) is 19.2. The number of hydrogen-bond acceptors (Lipinski definition) is 4. The summed E-state index contributed by atoms with van der Waals surface area (Å²) < 4.78 is 1.39. The molecule has 4 rings (SSSR count). The Morgan fingerprint density at radius 1 is 1.06 bits per heavy atom. The maximum absolute atomic E-state index is 12.7. The summed E-state index contributed by atoms with van der Waals surface area (Å²) in [6.45, 7) is 6.51. The number of carbonyl (C=O) groups is 2. The number of fused-ring (bicyclic) bond motifs is 1. The molecule has 33 heavy (non-hydrogen) atoms. The smallest absolute Gasteiger partial charge is 0.258 e. The van der Waals surface area contributed by atoms with E-state index in [0.29, 0.717) is 18.5 Å². The van der Waals surface area contributed by atoms with Crippen LogP contribution in [0, 0.1) is 6.92 Å². The van der Waals surface area contributed by atoms with E-state index in [9.17, 15) is 14.4 Å². The van der Waals surface area contributed by atoms with Crippen molar-refractivity contribution in [3.8, 4) is 0 Å². The van der Waals surface area contributed by atoms with Crippen molar-refractivity contribution in [3.63, 3.8) is 0 Å².